The molecule has 1 aromatic carbocycles. The molecular formula is C13H18ClNO. The molecule has 0 aromatic heterocycles. The summed E-state index contributed by atoms with van der Waals surface area (Å²) in [7, 11) is 1.70. The van der Waals surface area contributed by atoms with Crippen LogP contribution in [0.4, 0.5) is 0 Å². The van der Waals surface area contributed by atoms with E-state index in [-0.39, 0.29) is 0 Å². The van der Waals surface area contributed by atoms with Crippen LogP contribution in [0.1, 0.15) is 29.9 Å². The second-order valence-corrected chi connectivity index (χ2v) is 4.78. The molecule has 1 heterocycles. The summed E-state index contributed by atoms with van der Waals surface area (Å²) in [6.07, 6.45) is 2.37. The number of benzene rings is 1. The van der Waals surface area contributed by atoms with Crippen LogP contribution in [0.3, 0.4) is 0 Å². The van der Waals surface area contributed by atoms with Gasteiger partial charge in [-0.1, -0.05) is 11.6 Å². The fourth-order valence-electron chi connectivity index (χ4n) is 2.44. The lowest BCUT2D eigenvalue weighted by Gasteiger charge is -2.25. The first-order chi connectivity index (χ1) is 7.72. The minimum absolute atomic E-state index is 0.619. The van der Waals surface area contributed by atoms with Gasteiger partial charge in [-0.3, -0.25) is 0 Å². The molecule has 88 valence electrons. The highest BCUT2D eigenvalue weighted by Crippen LogP contribution is 2.34. The number of hydrogen-bond donors (Lipinski definition) is 1. The number of halogens is 1. The summed E-state index contributed by atoms with van der Waals surface area (Å²) in [6.45, 7) is 4.31. The summed E-state index contributed by atoms with van der Waals surface area (Å²) in [6, 6.07) is 3.98. The molecule has 0 radical (unpaired) electrons. The van der Waals surface area contributed by atoms with Crippen LogP contribution >= 0.6 is 11.6 Å². The zero-order valence-electron chi connectivity index (χ0n) is 9.85. The Labute approximate surface area is 102 Å². The van der Waals surface area contributed by atoms with Crippen LogP contribution in [-0.2, 0) is 0 Å². The predicted molar refractivity (Wildman–Crippen MR) is 67.6 cm³/mol. The summed E-state index contributed by atoms with van der Waals surface area (Å²) in [5.41, 5.74) is 2.59. The van der Waals surface area contributed by atoms with Crippen LogP contribution in [0, 0.1) is 6.92 Å². The molecule has 0 aliphatic carbocycles. The molecule has 0 bridgehead atoms. The number of ether oxygens (including phenoxy) is 1. The summed E-state index contributed by atoms with van der Waals surface area (Å²) in [4.78, 5) is 0. The Morgan fingerprint density at radius 3 is 2.62 bits per heavy atom. The van der Waals surface area contributed by atoms with E-state index < -0.39 is 0 Å². The molecule has 2 nitrogen and oxygen atoms in total. The van der Waals surface area contributed by atoms with Crippen molar-refractivity contribution < 1.29 is 4.74 Å². The summed E-state index contributed by atoms with van der Waals surface area (Å²) in [5.74, 6) is 1.52. The Bertz CT molecular complexity index is 372. The molecule has 0 unspecified atom stereocenters. The van der Waals surface area contributed by atoms with E-state index >= 15 is 0 Å². The third kappa shape index (κ3) is 2.33. The van der Waals surface area contributed by atoms with Gasteiger partial charge in [0.2, 0.25) is 0 Å². The number of hydrogen-bond acceptors (Lipinski definition) is 2. The van der Waals surface area contributed by atoms with Gasteiger partial charge < -0.3 is 10.1 Å². The second-order valence-electron chi connectivity index (χ2n) is 4.35. The maximum Gasteiger partial charge on any atom is 0.123 e. The van der Waals surface area contributed by atoms with Gasteiger partial charge in [0.25, 0.3) is 0 Å². The van der Waals surface area contributed by atoms with Crippen LogP contribution in [0.5, 0.6) is 5.75 Å². The summed E-state index contributed by atoms with van der Waals surface area (Å²) in [5, 5.41) is 4.16. The Balaban J connectivity index is 2.34. The van der Waals surface area contributed by atoms with Crippen LogP contribution < -0.4 is 10.1 Å². The molecule has 0 atom stereocenters. The minimum Gasteiger partial charge on any atom is -0.496 e. The Morgan fingerprint density at radius 1 is 1.31 bits per heavy atom. The van der Waals surface area contributed by atoms with Gasteiger partial charge in [-0.25, -0.2) is 0 Å². The van der Waals surface area contributed by atoms with E-state index in [1.807, 2.05) is 6.07 Å². The quantitative estimate of drug-likeness (QED) is 0.856. The molecule has 1 aromatic rings. The van der Waals surface area contributed by atoms with Crippen LogP contribution in [0.2, 0.25) is 5.02 Å². The van der Waals surface area contributed by atoms with Gasteiger partial charge in [0.1, 0.15) is 5.75 Å². The lowest BCUT2D eigenvalue weighted by atomic mass is 9.87. The molecule has 1 aliphatic rings. The molecule has 16 heavy (non-hydrogen) atoms. The largest absolute Gasteiger partial charge is 0.496 e. The lowest BCUT2D eigenvalue weighted by molar-refractivity contribution is 0.407. The van der Waals surface area contributed by atoms with Crippen molar-refractivity contribution >= 4 is 11.6 Å². The van der Waals surface area contributed by atoms with Crippen LogP contribution in [0.15, 0.2) is 12.1 Å². The Hall–Kier alpha value is -0.730. The number of methoxy groups -OCH3 is 1. The van der Waals surface area contributed by atoms with Crippen molar-refractivity contribution in [3.05, 3.63) is 28.3 Å². The SMILES string of the molecule is COc1cc(Cl)cc(C2CCNCC2)c1C. The van der Waals surface area contributed by atoms with E-state index in [1.165, 1.54) is 24.0 Å². The lowest BCUT2D eigenvalue weighted by Crippen LogP contribution is -2.27. The van der Waals surface area contributed by atoms with E-state index in [4.69, 9.17) is 16.3 Å². The highest BCUT2D eigenvalue weighted by Gasteiger charge is 2.19. The normalized spacial score (nSPS) is 17.4. The maximum absolute atomic E-state index is 6.12. The molecule has 1 saturated heterocycles. The monoisotopic (exact) mass is 239 g/mol. The van der Waals surface area contributed by atoms with Gasteiger partial charge in [0.15, 0.2) is 0 Å². The first kappa shape index (κ1) is 11.7. The molecular weight excluding hydrogens is 222 g/mol. The number of nitrogens with one attached hydrogen (secondary N) is 1. The first-order valence-corrected chi connectivity index (χ1v) is 6.15. The van der Waals surface area contributed by atoms with Gasteiger partial charge in [0.05, 0.1) is 7.11 Å². The van der Waals surface area contributed by atoms with Crippen LogP contribution in [-0.4, -0.2) is 20.2 Å². The first-order valence-electron chi connectivity index (χ1n) is 5.77. The third-order valence-electron chi connectivity index (χ3n) is 3.36. The molecule has 0 spiro atoms. The highest BCUT2D eigenvalue weighted by atomic mass is 35.5. The van der Waals surface area contributed by atoms with Gasteiger partial charge in [-0.05, 0) is 62.0 Å². The van der Waals surface area contributed by atoms with Crippen LogP contribution in [0.25, 0.3) is 0 Å². The molecule has 1 N–H and O–H groups in total. The average Bonchev–Trinajstić information content (AvgIpc) is 2.33. The predicted octanol–water partition coefficient (Wildman–Crippen LogP) is 3.12. The Morgan fingerprint density at radius 2 is 2.00 bits per heavy atom. The molecule has 2 rings (SSSR count). The minimum atomic E-state index is 0.619. The standard InChI is InChI=1S/C13H18ClNO/c1-9-12(10-3-5-15-6-4-10)7-11(14)8-13(9)16-2/h7-8,10,15H,3-6H2,1-2H3. The fraction of sp³-hybridized carbons (Fsp3) is 0.538. The number of piperidine rings is 1. The smallest absolute Gasteiger partial charge is 0.123 e. The molecule has 1 aliphatic heterocycles. The van der Waals surface area contributed by atoms with Gasteiger partial charge in [-0.15, -0.1) is 0 Å². The van der Waals surface area contributed by atoms with Crippen molar-refractivity contribution in [1.29, 1.82) is 0 Å². The van der Waals surface area contributed by atoms with E-state index in [2.05, 4.69) is 18.3 Å². The average molecular weight is 240 g/mol. The van der Waals surface area contributed by atoms with E-state index in [0.29, 0.717) is 5.92 Å². The summed E-state index contributed by atoms with van der Waals surface area (Å²) >= 11 is 6.12. The van der Waals surface area contributed by atoms with Crippen molar-refractivity contribution in [2.45, 2.75) is 25.7 Å². The van der Waals surface area contributed by atoms with Crippen molar-refractivity contribution in [2.75, 3.05) is 20.2 Å². The molecule has 1 fully saturated rings. The second kappa shape index (κ2) is 5.07. The topological polar surface area (TPSA) is 21.3 Å². The maximum atomic E-state index is 6.12. The fourth-order valence-corrected chi connectivity index (χ4v) is 2.66. The molecule has 0 saturated carbocycles. The molecule has 3 heteroatoms. The summed E-state index contributed by atoms with van der Waals surface area (Å²) < 4.78 is 5.36. The highest BCUT2D eigenvalue weighted by molar-refractivity contribution is 6.30. The number of rotatable bonds is 2. The van der Waals surface area contributed by atoms with Crippen molar-refractivity contribution in [2.24, 2.45) is 0 Å². The van der Waals surface area contributed by atoms with E-state index in [1.54, 1.807) is 7.11 Å². The van der Waals surface area contributed by atoms with Gasteiger partial charge in [0, 0.05) is 5.02 Å². The zero-order chi connectivity index (χ0) is 11.5. The van der Waals surface area contributed by atoms with E-state index in [0.717, 1.165) is 23.9 Å². The molecule has 0 amide bonds. The third-order valence-corrected chi connectivity index (χ3v) is 3.58. The van der Waals surface area contributed by atoms with Crippen molar-refractivity contribution in [1.82, 2.24) is 5.32 Å². The zero-order valence-corrected chi connectivity index (χ0v) is 10.6. The van der Waals surface area contributed by atoms with Gasteiger partial charge in [-0.2, -0.15) is 0 Å². The van der Waals surface area contributed by atoms with Crippen molar-refractivity contribution in [3.8, 4) is 5.75 Å². The Kier molecular flexibility index (Phi) is 3.72. The van der Waals surface area contributed by atoms with Crippen molar-refractivity contribution in [3.63, 3.8) is 0 Å². The van der Waals surface area contributed by atoms with Gasteiger partial charge >= 0.3 is 0 Å². The van der Waals surface area contributed by atoms with E-state index in [9.17, 15) is 0 Å².